The number of rotatable bonds is 7. The van der Waals surface area contributed by atoms with Gasteiger partial charge < -0.3 is 10.3 Å². The van der Waals surface area contributed by atoms with E-state index < -0.39 is 15.9 Å². The van der Waals surface area contributed by atoms with Crippen LogP contribution in [0.15, 0.2) is 34.1 Å². The van der Waals surface area contributed by atoms with Crippen LogP contribution >= 0.6 is 0 Å². The zero-order valence-corrected chi connectivity index (χ0v) is 19.3. The highest BCUT2D eigenvalue weighted by molar-refractivity contribution is 7.89. The molecule has 0 atom stereocenters. The first-order chi connectivity index (χ1) is 15.1. The second-order valence-corrected chi connectivity index (χ2v) is 10.3. The number of H-pyrrole nitrogens is 1. The predicted octanol–water partition coefficient (Wildman–Crippen LogP) is 2.29. The van der Waals surface area contributed by atoms with Gasteiger partial charge in [0, 0.05) is 35.3 Å². The summed E-state index contributed by atoms with van der Waals surface area (Å²) < 4.78 is 30.1. The Balaban J connectivity index is 1.73. The number of amides is 1. The highest BCUT2D eigenvalue weighted by Crippen LogP contribution is 2.28. The molecule has 4 rings (SSSR count). The smallest absolute Gasteiger partial charge is 0.253 e. The lowest BCUT2D eigenvalue weighted by Gasteiger charge is -2.13. The summed E-state index contributed by atoms with van der Waals surface area (Å²) >= 11 is 0. The molecule has 2 aromatic heterocycles. The molecule has 0 saturated heterocycles. The molecule has 9 nitrogen and oxygen atoms in total. The van der Waals surface area contributed by atoms with Crippen molar-refractivity contribution < 1.29 is 13.2 Å². The first-order valence-electron chi connectivity index (χ1n) is 10.6. The normalized spacial score (nSPS) is 14.3. The number of aromatic amines is 1. The average molecular weight is 458 g/mol. The van der Waals surface area contributed by atoms with E-state index in [1.165, 1.54) is 6.07 Å². The fraction of sp³-hybridized carbons (Fsp3) is 0.409. The van der Waals surface area contributed by atoms with Crippen LogP contribution in [0.25, 0.3) is 10.9 Å². The zero-order chi connectivity index (χ0) is 23.2. The highest BCUT2D eigenvalue weighted by Gasteiger charge is 2.29. The van der Waals surface area contributed by atoms with Gasteiger partial charge in [0.1, 0.15) is 0 Å². The second kappa shape index (κ2) is 8.18. The number of aromatic nitrogens is 3. The Morgan fingerprint density at radius 3 is 2.59 bits per heavy atom. The molecule has 3 N–H and O–H groups in total. The van der Waals surface area contributed by atoms with Crippen LogP contribution in [0.2, 0.25) is 0 Å². The molecule has 1 aliphatic rings. The molecule has 170 valence electrons. The maximum absolute atomic E-state index is 13.1. The summed E-state index contributed by atoms with van der Waals surface area (Å²) in [6.07, 6.45) is 3.19. The minimum Gasteiger partial charge on any atom is -0.348 e. The number of nitrogens with zero attached hydrogens (tertiary/aromatic N) is 2. The summed E-state index contributed by atoms with van der Waals surface area (Å²) in [5.41, 5.74) is 2.48. The van der Waals surface area contributed by atoms with Crippen LogP contribution in [0.5, 0.6) is 0 Å². The van der Waals surface area contributed by atoms with E-state index in [1.54, 1.807) is 23.9 Å². The van der Waals surface area contributed by atoms with Gasteiger partial charge in [0.2, 0.25) is 10.0 Å². The van der Waals surface area contributed by atoms with Crippen molar-refractivity contribution in [2.45, 2.75) is 64.1 Å². The van der Waals surface area contributed by atoms with Gasteiger partial charge >= 0.3 is 0 Å². The molecule has 0 radical (unpaired) electrons. The average Bonchev–Trinajstić information content (AvgIpc) is 3.39. The van der Waals surface area contributed by atoms with E-state index in [0.717, 1.165) is 24.1 Å². The van der Waals surface area contributed by atoms with Crippen molar-refractivity contribution in [1.29, 1.82) is 0 Å². The van der Waals surface area contributed by atoms with Crippen LogP contribution in [0, 0.1) is 13.8 Å². The highest BCUT2D eigenvalue weighted by atomic mass is 32.2. The monoisotopic (exact) mass is 457 g/mol. The van der Waals surface area contributed by atoms with Crippen LogP contribution in [0.3, 0.4) is 0 Å². The summed E-state index contributed by atoms with van der Waals surface area (Å²) in [6.45, 7) is 7.49. The van der Waals surface area contributed by atoms with Gasteiger partial charge in [0.25, 0.3) is 11.5 Å². The van der Waals surface area contributed by atoms with Gasteiger partial charge in [-0.3, -0.25) is 14.3 Å². The Morgan fingerprint density at radius 1 is 1.25 bits per heavy atom. The Labute approximate surface area is 186 Å². The molecule has 1 amide bonds. The Hall–Kier alpha value is -2.98. The number of nitrogens with one attached hydrogen (secondary N) is 3. The van der Waals surface area contributed by atoms with Gasteiger partial charge in [-0.25, -0.2) is 13.1 Å². The number of pyridine rings is 1. The fourth-order valence-electron chi connectivity index (χ4n) is 3.73. The van der Waals surface area contributed by atoms with Gasteiger partial charge in [-0.2, -0.15) is 5.10 Å². The van der Waals surface area contributed by atoms with Gasteiger partial charge in [0.05, 0.1) is 22.2 Å². The first kappa shape index (κ1) is 22.2. The SMILES string of the molecule is Cc1cc(C)c(CNC(=O)c2cc(S(=O)(=O)NC3CC3)cc3c2cnn3C(C)C)c(=O)[nH]1. The van der Waals surface area contributed by atoms with Crippen molar-refractivity contribution in [2.75, 3.05) is 0 Å². The maximum Gasteiger partial charge on any atom is 0.253 e. The van der Waals surface area contributed by atoms with E-state index in [9.17, 15) is 18.0 Å². The van der Waals surface area contributed by atoms with Gasteiger partial charge in [-0.15, -0.1) is 0 Å². The van der Waals surface area contributed by atoms with Gasteiger partial charge in [-0.1, -0.05) is 0 Å². The van der Waals surface area contributed by atoms with Crippen LogP contribution in [0.4, 0.5) is 0 Å². The summed E-state index contributed by atoms with van der Waals surface area (Å²) in [6, 6.07) is 4.69. The van der Waals surface area contributed by atoms with Gasteiger partial charge in [-0.05, 0) is 64.3 Å². The lowest BCUT2D eigenvalue weighted by molar-refractivity contribution is 0.0952. The van der Waals surface area contributed by atoms with Crippen molar-refractivity contribution in [3.05, 3.63) is 57.1 Å². The van der Waals surface area contributed by atoms with Crippen molar-refractivity contribution >= 4 is 26.8 Å². The number of aryl methyl sites for hydroxylation is 2. The molecule has 1 aliphatic carbocycles. The topological polar surface area (TPSA) is 126 Å². The number of benzene rings is 1. The summed E-state index contributed by atoms with van der Waals surface area (Å²) in [4.78, 5) is 28.2. The summed E-state index contributed by atoms with van der Waals surface area (Å²) in [5.74, 6) is -0.471. The number of fused-ring (bicyclic) bond motifs is 1. The molecule has 3 aromatic rings. The van der Waals surface area contributed by atoms with E-state index in [1.807, 2.05) is 26.8 Å². The molecule has 1 saturated carbocycles. The number of hydrogen-bond donors (Lipinski definition) is 3. The summed E-state index contributed by atoms with van der Waals surface area (Å²) in [5, 5.41) is 7.68. The third-order valence-electron chi connectivity index (χ3n) is 5.55. The van der Waals surface area contributed by atoms with Crippen LogP contribution in [-0.2, 0) is 16.6 Å². The van der Waals surface area contributed by atoms with Crippen molar-refractivity contribution in [3.8, 4) is 0 Å². The Bertz CT molecular complexity index is 1370. The quantitative estimate of drug-likeness (QED) is 0.502. The number of carbonyl (C=O) groups is 1. The van der Waals surface area contributed by atoms with Crippen LogP contribution < -0.4 is 15.6 Å². The standard InChI is InChI=1S/C22H27N5O4S/c1-12(2)27-20-9-16(32(30,31)26-15-5-6-15)8-17(19(20)11-24-27)21(28)23-10-18-13(3)7-14(4)25-22(18)29/h7-9,11-12,15,26H,5-6,10H2,1-4H3,(H,23,28)(H,25,29). The van der Waals surface area contributed by atoms with Crippen molar-refractivity contribution in [3.63, 3.8) is 0 Å². The zero-order valence-electron chi connectivity index (χ0n) is 18.5. The Kier molecular flexibility index (Phi) is 5.68. The lowest BCUT2D eigenvalue weighted by atomic mass is 10.1. The largest absolute Gasteiger partial charge is 0.348 e. The molecule has 0 aliphatic heterocycles. The molecule has 10 heteroatoms. The third-order valence-corrected chi connectivity index (χ3v) is 7.05. The van der Waals surface area contributed by atoms with Crippen LogP contribution in [-0.4, -0.2) is 35.1 Å². The van der Waals surface area contributed by atoms with E-state index in [2.05, 4.69) is 20.1 Å². The number of carbonyl (C=O) groups excluding carboxylic acids is 1. The second-order valence-electron chi connectivity index (χ2n) is 8.61. The van der Waals surface area contributed by atoms with Crippen LogP contribution in [0.1, 0.15) is 59.9 Å². The molecule has 0 bridgehead atoms. The molecule has 0 unspecified atom stereocenters. The van der Waals surface area contributed by atoms with E-state index >= 15 is 0 Å². The molecular formula is C22H27N5O4S. The predicted molar refractivity (Wildman–Crippen MR) is 121 cm³/mol. The molecule has 2 heterocycles. The van der Waals surface area contributed by atoms with Crippen molar-refractivity contribution in [2.24, 2.45) is 0 Å². The third kappa shape index (κ3) is 4.33. The summed E-state index contributed by atoms with van der Waals surface area (Å²) in [7, 11) is -3.78. The Morgan fingerprint density at radius 2 is 1.97 bits per heavy atom. The lowest BCUT2D eigenvalue weighted by Crippen LogP contribution is -2.29. The minimum atomic E-state index is -3.78. The first-order valence-corrected chi connectivity index (χ1v) is 12.1. The van der Waals surface area contributed by atoms with E-state index in [0.29, 0.717) is 16.5 Å². The number of sulfonamides is 1. The molecule has 32 heavy (non-hydrogen) atoms. The van der Waals surface area contributed by atoms with Crippen molar-refractivity contribution in [1.82, 2.24) is 24.8 Å². The fourth-order valence-corrected chi connectivity index (χ4v) is 5.08. The van der Waals surface area contributed by atoms with Gasteiger partial charge in [0.15, 0.2) is 0 Å². The molecule has 0 spiro atoms. The molecular weight excluding hydrogens is 430 g/mol. The minimum absolute atomic E-state index is 0.0217. The van der Waals surface area contributed by atoms with E-state index in [-0.39, 0.29) is 34.6 Å². The van der Waals surface area contributed by atoms with E-state index in [4.69, 9.17) is 0 Å². The number of hydrogen-bond acceptors (Lipinski definition) is 5. The molecule has 1 fully saturated rings. The maximum atomic E-state index is 13.1. The molecule has 1 aromatic carbocycles.